The van der Waals surface area contributed by atoms with Gasteiger partial charge in [0.15, 0.2) is 0 Å². The molecule has 1 aromatic heterocycles. The van der Waals surface area contributed by atoms with E-state index in [2.05, 4.69) is 4.74 Å². The van der Waals surface area contributed by atoms with Gasteiger partial charge in [-0.15, -0.1) is 0 Å². The number of hydrogen-bond acceptors (Lipinski definition) is 4. The third-order valence-electron chi connectivity index (χ3n) is 1.68. The molecular weight excluding hydrogens is 184 g/mol. The molecule has 74 valence electrons. The van der Waals surface area contributed by atoms with Crippen LogP contribution >= 0.6 is 0 Å². The summed E-state index contributed by atoms with van der Waals surface area (Å²) >= 11 is 0. The molecule has 0 spiro atoms. The lowest BCUT2D eigenvalue weighted by Crippen LogP contribution is -2.00. The van der Waals surface area contributed by atoms with Crippen LogP contribution in [0.4, 0.5) is 0 Å². The summed E-state index contributed by atoms with van der Waals surface area (Å²) in [6.07, 6.45) is 3.40. The number of rotatable bonds is 3. The van der Waals surface area contributed by atoms with Gasteiger partial charge in [0.05, 0.1) is 7.11 Å². The zero-order chi connectivity index (χ0) is 10.6. The van der Waals surface area contributed by atoms with E-state index in [1.165, 1.54) is 25.3 Å². The zero-order valence-corrected chi connectivity index (χ0v) is 7.94. The van der Waals surface area contributed by atoms with Gasteiger partial charge in [-0.25, -0.2) is 4.79 Å². The van der Waals surface area contributed by atoms with Crippen molar-refractivity contribution in [3.05, 3.63) is 29.2 Å². The smallest absolute Gasteiger partial charge is 0.341 e. The molecule has 0 unspecified atom stereocenters. The highest BCUT2D eigenvalue weighted by atomic mass is 16.5. The predicted molar refractivity (Wildman–Crippen MR) is 49.9 cm³/mol. The third-order valence-corrected chi connectivity index (χ3v) is 1.68. The Kier molecular flexibility index (Phi) is 3.23. The number of esters is 1. The van der Waals surface area contributed by atoms with Crippen LogP contribution in [0.3, 0.4) is 0 Å². The van der Waals surface area contributed by atoms with Gasteiger partial charge < -0.3 is 9.15 Å². The molecule has 0 saturated heterocycles. The molecule has 0 atom stereocenters. The minimum atomic E-state index is -0.447. The highest BCUT2D eigenvalue weighted by Crippen LogP contribution is 2.16. The number of hydrogen-bond donors (Lipinski definition) is 0. The fourth-order valence-corrected chi connectivity index (χ4v) is 1.03. The van der Waals surface area contributed by atoms with Gasteiger partial charge in [-0.05, 0) is 25.1 Å². The van der Waals surface area contributed by atoms with Gasteiger partial charge in [0.2, 0.25) is 0 Å². The van der Waals surface area contributed by atoms with Gasteiger partial charge >= 0.3 is 5.97 Å². The first-order chi connectivity index (χ1) is 6.69. The summed E-state index contributed by atoms with van der Waals surface area (Å²) in [7, 11) is 1.30. The second-order valence-corrected chi connectivity index (χ2v) is 2.61. The number of aryl methyl sites for hydroxylation is 1. The number of allylic oxidation sites excluding steroid dienone is 1. The van der Waals surface area contributed by atoms with Gasteiger partial charge in [-0.2, -0.15) is 0 Å². The lowest BCUT2D eigenvalue weighted by Gasteiger charge is -1.93. The van der Waals surface area contributed by atoms with Crippen molar-refractivity contribution in [1.29, 1.82) is 0 Å². The third kappa shape index (κ3) is 2.10. The van der Waals surface area contributed by atoms with Crippen LogP contribution in [-0.4, -0.2) is 19.4 Å². The van der Waals surface area contributed by atoms with E-state index in [0.717, 1.165) is 0 Å². The fourth-order valence-electron chi connectivity index (χ4n) is 1.03. The van der Waals surface area contributed by atoms with Crippen LogP contribution in [0.2, 0.25) is 0 Å². The Hall–Kier alpha value is -1.84. The Labute approximate surface area is 81.2 Å². The molecule has 0 aliphatic carbocycles. The van der Waals surface area contributed by atoms with E-state index in [-0.39, 0.29) is 0 Å². The van der Waals surface area contributed by atoms with Gasteiger partial charge in [0.25, 0.3) is 0 Å². The molecule has 0 amide bonds. The van der Waals surface area contributed by atoms with Crippen molar-refractivity contribution < 1.29 is 18.7 Å². The molecule has 0 fully saturated rings. The monoisotopic (exact) mass is 194 g/mol. The summed E-state index contributed by atoms with van der Waals surface area (Å²) in [6.45, 7) is 1.66. The summed E-state index contributed by atoms with van der Waals surface area (Å²) in [5.74, 6) is 0.481. The maximum Gasteiger partial charge on any atom is 0.341 e. The topological polar surface area (TPSA) is 56.5 Å². The first kappa shape index (κ1) is 10.2. The molecule has 0 bridgehead atoms. The summed E-state index contributed by atoms with van der Waals surface area (Å²) in [5.41, 5.74) is 0.373. The van der Waals surface area contributed by atoms with Crippen LogP contribution in [0.5, 0.6) is 0 Å². The van der Waals surface area contributed by atoms with Crippen LogP contribution in [0, 0.1) is 6.92 Å². The largest absolute Gasteiger partial charge is 0.465 e. The van der Waals surface area contributed by atoms with E-state index in [9.17, 15) is 9.59 Å². The minimum absolute atomic E-state index is 0.373. The van der Waals surface area contributed by atoms with Crippen LogP contribution in [0.15, 0.2) is 16.6 Å². The molecule has 14 heavy (non-hydrogen) atoms. The lowest BCUT2D eigenvalue weighted by atomic mass is 10.2. The van der Waals surface area contributed by atoms with Crippen molar-refractivity contribution in [2.24, 2.45) is 0 Å². The average molecular weight is 194 g/mol. The molecule has 0 aliphatic heterocycles. The maximum atomic E-state index is 11.1. The number of methoxy groups -OCH3 is 1. The van der Waals surface area contributed by atoms with Crippen LogP contribution in [0.25, 0.3) is 6.08 Å². The van der Waals surface area contributed by atoms with Gasteiger partial charge in [-0.3, -0.25) is 4.79 Å². The van der Waals surface area contributed by atoms with Gasteiger partial charge in [0, 0.05) is 0 Å². The van der Waals surface area contributed by atoms with Crippen molar-refractivity contribution in [2.75, 3.05) is 7.11 Å². The Morgan fingerprint density at radius 2 is 2.29 bits per heavy atom. The number of ether oxygens (including phenoxy) is 1. The van der Waals surface area contributed by atoms with E-state index < -0.39 is 5.97 Å². The van der Waals surface area contributed by atoms with Crippen molar-refractivity contribution in [2.45, 2.75) is 6.92 Å². The Morgan fingerprint density at radius 1 is 1.57 bits per heavy atom. The van der Waals surface area contributed by atoms with Crippen molar-refractivity contribution in [3.8, 4) is 0 Å². The molecule has 1 aromatic rings. The van der Waals surface area contributed by atoms with Gasteiger partial charge in [0.1, 0.15) is 23.4 Å². The van der Waals surface area contributed by atoms with E-state index in [0.29, 0.717) is 23.4 Å². The number of aldehydes is 1. The minimum Gasteiger partial charge on any atom is -0.465 e. The maximum absolute atomic E-state index is 11.1. The first-order valence-corrected chi connectivity index (χ1v) is 3.99. The van der Waals surface area contributed by atoms with E-state index in [1.807, 2.05) is 0 Å². The van der Waals surface area contributed by atoms with Crippen LogP contribution in [0.1, 0.15) is 21.9 Å². The van der Waals surface area contributed by atoms with Crippen LogP contribution in [-0.2, 0) is 9.53 Å². The fraction of sp³-hybridized carbons (Fsp3) is 0.200. The van der Waals surface area contributed by atoms with Crippen LogP contribution < -0.4 is 0 Å². The molecule has 4 heteroatoms. The summed E-state index contributed by atoms with van der Waals surface area (Å²) in [6, 6.07) is 1.53. The zero-order valence-electron chi connectivity index (χ0n) is 7.94. The number of carbonyl (C=O) groups is 2. The van der Waals surface area contributed by atoms with E-state index >= 15 is 0 Å². The second-order valence-electron chi connectivity index (χ2n) is 2.61. The molecule has 0 radical (unpaired) electrons. The lowest BCUT2D eigenvalue weighted by molar-refractivity contribution is -0.104. The summed E-state index contributed by atoms with van der Waals surface area (Å²) < 4.78 is 9.74. The number of carbonyl (C=O) groups excluding carboxylic acids is 2. The Morgan fingerprint density at radius 3 is 2.86 bits per heavy atom. The standard InChI is InChI=1S/C10H10O4/c1-7-9(10(12)13-2)6-8(14-7)4-3-5-11/h3-6H,1-2H3. The number of furan rings is 1. The van der Waals surface area contributed by atoms with Crippen molar-refractivity contribution in [3.63, 3.8) is 0 Å². The highest BCUT2D eigenvalue weighted by Gasteiger charge is 2.13. The highest BCUT2D eigenvalue weighted by molar-refractivity contribution is 5.91. The molecule has 0 N–H and O–H groups in total. The SMILES string of the molecule is COC(=O)c1cc(C=CC=O)oc1C. The second kappa shape index (κ2) is 4.41. The average Bonchev–Trinajstić information content (AvgIpc) is 2.55. The van der Waals surface area contributed by atoms with Crippen molar-refractivity contribution >= 4 is 18.3 Å². The molecule has 1 heterocycles. The summed E-state index contributed by atoms with van der Waals surface area (Å²) in [4.78, 5) is 21.2. The first-order valence-electron chi connectivity index (χ1n) is 3.99. The predicted octanol–water partition coefficient (Wildman–Crippen LogP) is 1.59. The van der Waals surface area contributed by atoms with E-state index in [1.54, 1.807) is 6.92 Å². The Balaban J connectivity index is 2.98. The molecule has 0 saturated carbocycles. The molecule has 0 aliphatic rings. The molecule has 1 rings (SSSR count). The van der Waals surface area contributed by atoms with E-state index in [4.69, 9.17) is 4.42 Å². The molecular formula is C10H10O4. The molecule has 0 aromatic carbocycles. The van der Waals surface area contributed by atoms with Crippen molar-refractivity contribution in [1.82, 2.24) is 0 Å². The van der Waals surface area contributed by atoms with Gasteiger partial charge in [-0.1, -0.05) is 0 Å². The normalized spacial score (nSPS) is 10.4. The quantitative estimate of drug-likeness (QED) is 0.416. The summed E-state index contributed by atoms with van der Waals surface area (Å²) in [5, 5.41) is 0. The molecule has 4 nitrogen and oxygen atoms in total. The Bertz CT molecular complexity index is 373.